The predicted octanol–water partition coefficient (Wildman–Crippen LogP) is 2.67. The molecule has 2 aromatic carbocycles. The first-order valence-electron chi connectivity index (χ1n) is 9.28. The average molecular weight is 420 g/mol. The molecule has 1 saturated heterocycles. The minimum Gasteiger partial charge on any atom is -0.494 e. The third-order valence-electron chi connectivity index (χ3n) is 4.71. The molecule has 156 valence electrons. The fraction of sp³-hybridized carbons (Fsp3) is 0.368. The van der Waals surface area contributed by atoms with Crippen molar-refractivity contribution in [3.8, 4) is 5.75 Å². The maximum atomic E-state index is 12.9. The van der Waals surface area contributed by atoms with Gasteiger partial charge in [-0.05, 0) is 50.4 Å². The first-order chi connectivity index (χ1) is 13.8. The number of hydrogen-bond donors (Lipinski definition) is 1. The van der Waals surface area contributed by atoms with E-state index in [1.165, 1.54) is 16.4 Å². The number of sulfonamides is 1. The summed E-state index contributed by atoms with van der Waals surface area (Å²) in [6.45, 7) is 4.39. The van der Waals surface area contributed by atoms with E-state index in [0.29, 0.717) is 44.2 Å². The van der Waals surface area contributed by atoms with Gasteiger partial charge in [0.25, 0.3) is 5.69 Å². The Hall–Kier alpha value is -2.69. The van der Waals surface area contributed by atoms with Crippen LogP contribution in [0.15, 0.2) is 47.4 Å². The number of anilines is 2. The number of nitrogens with one attached hydrogen (secondary N) is 1. The smallest absolute Gasteiger partial charge is 0.294 e. The molecule has 0 bridgehead atoms. The van der Waals surface area contributed by atoms with Crippen LogP contribution in [-0.4, -0.2) is 62.4 Å². The van der Waals surface area contributed by atoms with E-state index in [1.807, 2.05) is 18.9 Å². The van der Waals surface area contributed by atoms with Crippen LogP contribution in [0.1, 0.15) is 6.92 Å². The van der Waals surface area contributed by atoms with Crippen molar-refractivity contribution in [2.24, 2.45) is 0 Å². The molecule has 1 aliphatic heterocycles. The van der Waals surface area contributed by atoms with Crippen molar-refractivity contribution >= 4 is 27.1 Å². The van der Waals surface area contributed by atoms with Crippen molar-refractivity contribution in [3.63, 3.8) is 0 Å². The van der Waals surface area contributed by atoms with E-state index in [1.54, 1.807) is 24.3 Å². The Morgan fingerprint density at radius 1 is 1.10 bits per heavy atom. The molecule has 29 heavy (non-hydrogen) atoms. The van der Waals surface area contributed by atoms with Gasteiger partial charge in [0.05, 0.1) is 16.4 Å². The van der Waals surface area contributed by atoms with Crippen molar-refractivity contribution in [2.75, 3.05) is 45.2 Å². The molecule has 0 aliphatic carbocycles. The van der Waals surface area contributed by atoms with E-state index >= 15 is 0 Å². The zero-order valence-corrected chi connectivity index (χ0v) is 17.2. The summed E-state index contributed by atoms with van der Waals surface area (Å²) in [4.78, 5) is 13.0. The Morgan fingerprint density at radius 2 is 1.76 bits per heavy atom. The summed E-state index contributed by atoms with van der Waals surface area (Å²) in [7, 11) is -1.86. The SMILES string of the molecule is CCOc1ccc(Nc2ccc(S(=O)(=O)N3CCN(C)CC3)cc2[N+](=O)[O-])cc1. The third kappa shape index (κ3) is 4.84. The molecule has 3 rings (SSSR count). The van der Waals surface area contributed by atoms with Crippen LogP contribution in [0, 0.1) is 10.1 Å². The minimum atomic E-state index is -3.79. The van der Waals surface area contributed by atoms with E-state index < -0.39 is 14.9 Å². The zero-order chi connectivity index (χ0) is 21.0. The van der Waals surface area contributed by atoms with Gasteiger partial charge in [-0.15, -0.1) is 0 Å². The third-order valence-corrected chi connectivity index (χ3v) is 6.60. The number of likely N-dealkylation sites (N-methyl/N-ethyl adjacent to an activating group) is 1. The van der Waals surface area contributed by atoms with Crippen LogP contribution in [0.3, 0.4) is 0 Å². The van der Waals surface area contributed by atoms with Crippen molar-refractivity contribution in [1.29, 1.82) is 0 Å². The second-order valence-electron chi connectivity index (χ2n) is 6.73. The van der Waals surface area contributed by atoms with Crippen LogP contribution in [0.5, 0.6) is 5.75 Å². The van der Waals surface area contributed by atoms with Crippen molar-refractivity contribution in [3.05, 3.63) is 52.6 Å². The summed E-state index contributed by atoms with van der Waals surface area (Å²) in [6.07, 6.45) is 0. The molecule has 2 aromatic rings. The lowest BCUT2D eigenvalue weighted by atomic mass is 10.2. The predicted molar refractivity (Wildman–Crippen MR) is 110 cm³/mol. The largest absolute Gasteiger partial charge is 0.494 e. The summed E-state index contributed by atoms with van der Waals surface area (Å²) < 4.78 is 32.5. The molecule has 10 heteroatoms. The highest BCUT2D eigenvalue weighted by molar-refractivity contribution is 7.89. The number of nitro benzene ring substituents is 1. The standard InChI is InChI=1S/C19H24N4O5S/c1-3-28-16-6-4-15(5-7-16)20-18-9-8-17(14-19(18)23(24)25)29(26,27)22-12-10-21(2)11-13-22/h4-9,14,20H,3,10-13H2,1-2H3. The Kier molecular flexibility index (Phi) is 6.36. The summed E-state index contributed by atoms with van der Waals surface area (Å²) in [6, 6.07) is 10.9. The molecule has 1 N–H and O–H groups in total. The highest BCUT2D eigenvalue weighted by Gasteiger charge is 2.29. The summed E-state index contributed by atoms with van der Waals surface area (Å²) >= 11 is 0. The Labute approximate surface area is 170 Å². The monoisotopic (exact) mass is 420 g/mol. The van der Waals surface area contributed by atoms with E-state index in [-0.39, 0.29) is 16.3 Å². The zero-order valence-electron chi connectivity index (χ0n) is 16.4. The first-order valence-corrected chi connectivity index (χ1v) is 10.7. The number of piperazine rings is 1. The number of benzene rings is 2. The fourth-order valence-corrected chi connectivity index (χ4v) is 4.51. The molecule has 0 spiro atoms. The molecule has 0 aromatic heterocycles. The highest BCUT2D eigenvalue weighted by atomic mass is 32.2. The van der Waals surface area contributed by atoms with E-state index in [0.717, 1.165) is 6.07 Å². The van der Waals surface area contributed by atoms with Crippen molar-refractivity contribution in [1.82, 2.24) is 9.21 Å². The van der Waals surface area contributed by atoms with Gasteiger partial charge in [-0.2, -0.15) is 4.31 Å². The van der Waals surface area contributed by atoms with Crippen molar-refractivity contribution < 1.29 is 18.1 Å². The van der Waals surface area contributed by atoms with Crippen LogP contribution in [0.4, 0.5) is 17.1 Å². The lowest BCUT2D eigenvalue weighted by Gasteiger charge is -2.31. The quantitative estimate of drug-likeness (QED) is 0.542. The Balaban J connectivity index is 1.86. The molecule has 1 aliphatic rings. The Morgan fingerprint density at radius 3 is 2.34 bits per heavy atom. The minimum absolute atomic E-state index is 0.0778. The molecular weight excluding hydrogens is 396 g/mol. The first kappa shape index (κ1) is 21.0. The van der Waals surface area contributed by atoms with E-state index in [4.69, 9.17) is 4.74 Å². The van der Waals surface area contributed by atoms with Crippen LogP contribution in [0.2, 0.25) is 0 Å². The van der Waals surface area contributed by atoms with Gasteiger partial charge in [0.2, 0.25) is 10.0 Å². The lowest BCUT2D eigenvalue weighted by molar-refractivity contribution is -0.384. The van der Waals surface area contributed by atoms with E-state index in [9.17, 15) is 18.5 Å². The van der Waals surface area contributed by atoms with Gasteiger partial charge in [-0.3, -0.25) is 10.1 Å². The van der Waals surface area contributed by atoms with Gasteiger partial charge in [0.15, 0.2) is 0 Å². The van der Waals surface area contributed by atoms with Gasteiger partial charge >= 0.3 is 0 Å². The molecule has 0 amide bonds. The maximum absolute atomic E-state index is 12.9. The normalized spacial score (nSPS) is 15.8. The molecule has 1 heterocycles. The Bertz CT molecular complexity index is 971. The topological polar surface area (TPSA) is 105 Å². The molecule has 0 atom stereocenters. The van der Waals surface area contributed by atoms with Crippen LogP contribution >= 0.6 is 0 Å². The second kappa shape index (κ2) is 8.76. The summed E-state index contributed by atoms with van der Waals surface area (Å²) in [5.74, 6) is 0.696. The van der Waals surface area contributed by atoms with Gasteiger partial charge < -0.3 is 15.0 Å². The number of hydrogen-bond acceptors (Lipinski definition) is 7. The summed E-state index contributed by atoms with van der Waals surface area (Å²) in [5.41, 5.74) is 0.553. The van der Waals surface area contributed by atoms with Crippen LogP contribution in [-0.2, 0) is 10.0 Å². The molecule has 1 fully saturated rings. The maximum Gasteiger partial charge on any atom is 0.294 e. The van der Waals surface area contributed by atoms with E-state index in [2.05, 4.69) is 5.32 Å². The molecule has 0 radical (unpaired) electrons. The van der Waals surface area contributed by atoms with Gasteiger partial charge in [-0.25, -0.2) is 8.42 Å². The molecule has 0 saturated carbocycles. The molecule has 0 unspecified atom stereocenters. The summed E-state index contributed by atoms with van der Waals surface area (Å²) in [5, 5.41) is 14.6. The molecular formula is C19H24N4O5S. The number of rotatable bonds is 7. The van der Waals surface area contributed by atoms with Gasteiger partial charge in [-0.1, -0.05) is 0 Å². The fourth-order valence-electron chi connectivity index (χ4n) is 3.06. The second-order valence-corrected chi connectivity index (χ2v) is 8.66. The average Bonchev–Trinajstić information content (AvgIpc) is 2.70. The van der Waals surface area contributed by atoms with Crippen LogP contribution < -0.4 is 10.1 Å². The number of ether oxygens (including phenoxy) is 1. The van der Waals surface area contributed by atoms with Gasteiger partial charge in [0, 0.05) is 37.9 Å². The lowest BCUT2D eigenvalue weighted by Crippen LogP contribution is -2.47. The molecule has 9 nitrogen and oxygen atoms in total. The number of nitrogens with zero attached hydrogens (tertiary/aromatic N) is 3. The van der Waals surface area contributed by atoms with Gasteiger partial charge in [0.1, 0.15) is 11.4 Å². The van der Waals surface area contributed by atoms with Crippen LogP contribution in [0.25, 0.3) is 0 Å². The van der Waals surface area contributed by atoms with Crippen molar-refractivity contribution in [2.45, 2.75) is 11.8 Å². The highest BCUT2D eigenvalue weighted by Crippen LogP contribution is 2.32. The number of nitro groups is 1.